The Morgan fingerprint density at radius 1 is 1.11 bits per heavy atom. The minimum absolute atomic E-state index is 0. The number of nitrogen functional groups attached to an aromatic ring is 1. The van der Waals surface area contributed by atoms with Gasteiger partial charge in [0.1, 0.15) is 12.1 Å². The van der Waals surface area contributed by atoms with Crippen molar-refractivity contribution in [3.8, 4) is 0 Å². The molecule has 0 aromatic carbocycles. The molecule has 0 saturated carbocycles. The second-order valence-electron chi connectivity index (χ2n) is 4.66. The van der Waals surface area contributed by atoms with Crippen LogP contribution in [0, 0.1) is 0 Å². The van der Waals surface area contributed by atoms with Gasteiger partial charge in [-0.2, -0.15) is 5.10 Å². The number of nitrogens with zero attached hydrogens (tertiary/aromatic N) is 4. The van der Waals surface area contributed by atoms with Crippen molar-refractivity contribution in [3.63, 3.8) is 0 Å². The van der Waals surface area contributed by atoms with Crippen LogP contribution < -0.4 is 5.73 Å². The summed E-state index contributed by atoms with van der Waals surface area (Å²) in [6.07, 6.45) is 11.1. The second-order valence-corrected chi connectivity index (χ2v) is 4.66. The monoisotopic (exact) mass is 283 g/mol. The molecule has 5 nitrogen and oxygen atoms in total. The summed E-state index contributed by atoms with van der Waals surface area (Å²) in [5, 5.41) is 5.24. The van der Waals surface area contributed by atoms with Crippen molar-refractivity contribution in [1.29, 1.82) is 0 Å². The summed E-state index contributed by atoms with van der Waals surface area (Å²) >= 11 is 0. The minimum atomic E-state index is 0. The number of hydrogen-bond acceptors (Lipinski definition) is 4. The summed E-state index contributed by atoms with van der Waals surface area (Å²) in [5.41, 5.74) is 6.46. The van der Waals surface area contributed by atoms with E-state index in [1.807, 2.05) is 10.9 Å². The smallest absolute Gasteiger partial charge is 0.186 e. The maximum Gasteiger partial charge on any atom is 0.186 e. The van der Waals surface area contributed by atoms with E-state index in [1.54, 1.807) is 0 Å². The first kappa shape index (κ1) is 15.7. The lowest BCUT2D eigenvalue weighted by Crippen LogP contribution is -1.98. The van der Waals surface area contributed by atoms with Crippen LogP contribution in [-0.2, 0) is 6.54 Å². The molecule has 0 radical (unpaired) electrons. The van der Waals surface area contributed by atoms with E-state index in [-0.39, 0.29) is 12.4 Å². The standard InChI is InChI=1S/C13H21N5.ClH/c1-2-3-4-5-6-7-8-18-9-11-12(14)15-10-16-13(11)17-18;/h9-10H,2-8H2,1H3,(H2,14,15,16,17);1H. The first-order valence-corrected chi connectivity index (χ1v) is 6.75. The van der Waals surface area contributed by atoms with E-state index in [0.717, 1.165) is 18.4 Å². The molecule has 0 aliphatic rings. The number of unbranched alkanes of at least 4 members (excludes halogenated alkanes) is 5. The fourth-order valence-electron chi connectivity index (χ4n) is 2.07. The van der Waals surface area contributed by atoms with Gasteiger partial charge in [-0.3, -0.25) is 4.68 Å². The van der Waals surface area contributed by atoms with E-state index in [1.165, 1.54) is 38.4 Å². The third-order valence-electron chi connectivity index (χ3n) is 3.14. The molecule has 19 heavy (non-hydrogen) atoms. The maximum atomic E-state index is 5.77. The Hall–Kier alpha value is -1.36. The quantitative estimate of drug-likeness (QED) is 0.792. The summed E-state index contributed by atoms with van der Waals surface area (Å²) in [7, 11) is 0. The predicted octanol–water partition coefficient (Wildman–Crippen LogP) is 3.19. The van der Waals surface area contributed by atoms with E-state index in [2.05, 4.69) is 22.0 Å². The third-order valence-corrected chi connectivity index (χ3v) is 3.14. The average molecular weight is 284 g/mol. The van der Waals surface area contributed by atoms with Gasteiger partial charge in [-0.1, -0.05) is 39.0 Å². The fraction of sp³-hybridized carbons (Fsp3) is 0.615. The van der Waals surface area contributed by atoms with Crippen LogP contribution in [0.25, 0.3) is 11.0 Å². The van der Waals surface area contributed by atoms with Crippen molar-refractivity contribution in [2.45, 2.75) is 52.0 Å². The molecule has 2 aromatic rings. The van der Waals surface area contributed by atoms with E-state index in [4.69, 9.17) is 5.73 Å². The zero-order valence-electron chi connectivity index (χ0n) is 11.4. The zero-order valence-corrected chi connectivity index (χ0v) is 12.2. The van der Waals surface area contributed by atoms with Crippen LogP contribution in [0.4, 0.5) is 5.82 Å². The van der Waals surface area contributed by atoms with E-state index in [0.29, 0.717) is 11.5 Å². The van der Waals surface area contributed by atoms with Gasteiger partial charge in [-0.25, -0.2) is 9.97 Å². The lowest BCUT2D eigenvalue weighted by molar-refractivity contribution is 0.529. The van der Waals surface area contributed by atoms with Crippen molar-refractivity contribution >= 4 is 29.3 Å². The molecule has 0 amide bonds. The molecule has 0 saturated heterocycles. The Morgan fingerprint density at radius 3 is 2.58 bits per heavy atom. The highest BCUT2D eigenvalue weighted by molar-refractivity contribution is 5.85. The first-order chi connectivity index (χ1) is 8.81. The fourth-order valence-corrected chi connectivity index (χ4v) is 2.07. The number of nitrogens with two attached hydrogens (primary N) is 1. The van der Waals surface area contributed by atoms with Gasteiger partial charge in [0, 0.05) is 12.7 Å². The topological polar surface area (TPSA) is 69.6 Å². The Balaban J connectivity index is 0.00000180. The lowest BCUT2D eigenvalue weighted by atomic mass is 10.1. The van der Waals surface area contributed by atoms with Gasteiger partial charge >= 0.3 is 0 Å². The van der Waals surface area contributed by atoms with Gasteiger partial charge in [0.25, 0.3) is 0 Å². The molecular formula is C13H22ClN5. The van der Waals surface area contributed by atoms with Gasteiger partial charge in [0.2, 0.25) is 0 Å². The molecule has 0 bridgehead atoms. The average Bonchev–Trinajstić information content (AvgIpc) is 2.78. The number of aryl methyl sites for hydroxylation is 1. The van der Waals surface area contributed by atoms with Crippen molar-refractivity contribution in [2.24, 2.45) is 0 Å². The number of hydrogen-bond donors (Lipinski definition) is 1. The molecule has 2 aromatic heterocycles. The van der Waals surface area contributed by atoms with Crippen LogP contribution in [0.3, 0.4) is 0 Å². The summed E-state index contributed by atoms with van der Waals surface area (Å²) < 4.78 is 1.93. The van der Waals surface area contributed by atoms with Crippen LogP contribution in [0.15, 0.2) is 12.5 Å². The van der Waals surface area contributed by atoms with Gasteiger partial charge < -0.3 is 5.73 Å². The molecule has 6 heteroatoms. The Labute approximate surface area is 120 Å². The third kappa shape index (κ3) is 4.35. The van der Waals surface area contributed by atoms with Crippen LogP contribution in [-0.4, -0.2) is 19.7 Å². The van der Waals surface area contributed by atoms with Gasteiger partial charge in [0.15, 0.2) is 5.65 Å². The Kier molecular flexibility index (Phi) is 6.56. The molecule has 0 fully saturated rings. The van der Waals surface area contributed by atoms with Gasteiger partial charge in [-0.15, -0.1) is 12.4 Å². The SMILES string of the molecule is CCCCCCCCn1cc2c(N)ncnc2n1.Cl. The van der Waals surface area contributed by atoms with Gasteiger partial charge in [0.05, 0.1) is 5.39 Å². The maximum absolute atomic E-state index is 5.77. The van der Waals surface area contributed by atoms with E-state index < -0.39 is 0 Å². The lowest BCUT2D eigenvalue weighted by Gasteiger charge is -2.01. The predicted molar refractivity (Wildman–Crippen MR) is 80.4 cm³/mol. The number of rotatable bonds is 7. The van der Waals surface area contributed by atoms with Crippen molar-refractivity contribution in [3.05, 3.63) is 12.5 Å². The number of aromatic nitrogens is 4. The number of halogens is 1. The van der Waals surface area contributed by atoms with Gasteiger partial charge in [-0.05, 0) is 6.42 Å². The molecule has 0 atom stereocenters. The normalized spacial score (nSPS) is 10.6. The molecule has 0 aliphatic heterocycles. The van der Waals surface area contributed by atoms with Crippen LogP contribution in [0.5, 0.6) is 0 Å². The molecular weight excluding hydrogens is 262 g/mol. The van der Waals surface area contributed by atoms with E-state index in [9.17, 15) is 0 Å². The zero-order chi connectivity index (χ0) is 12.8. The van der Waals surface area contributed by atoms with Crippen LogP contribution in [0.2, 0.25) is 0 Å². The molecule has 0 unspecified atom stereocenters. The Morgan fingerprint density at radius 2 is 1.84 bits per heavy atom. The highest BCUT2D eigenvalue weighted by Gasteiger charge is 2.05. The summed E-state index contributed by atoms with van der Waals surface area (Å²) in [4.78, 5) is 8.07. The molecule has 2 N–H and O–H groups in total. The second kappa shape index (κ2) is 7.94. The van der Waals surface area contributed by atoms with Crippen molar-refractivity contribution < 1.29 is 0 Å². The summed E-state index contributed by atoms with van der Waals surface area (Å²) in [6, 6.07) is 0. The summed E-state index contributed by atoms with van der Waals surface area (Å²) in [5.74, 6) is 0.509. The van der Waals surface area contributed by atoms with E-state index >= 15 is 0 Å². The summed E-state index contributed by atoms with van der Waals surface area (Å²) in [6.45, 7) is 3.17. The van der Waals surface area contributed by atoms with Crippen LogP contribution >= 0.6 is 12.4 Å². The molecule has 2 rings (SSSR count). The highest BCUT2D eigenvalue weighted by Crippen LogP contribution is 2.15. The van der Waals surface area contributed by atoms with Crippen molar-refractivity contribution in [2.75, 3.05) is 5.73 Å². The number of anilines is 1. The largest absolute Gasteiger partial charge is 0.383 e. The number of fused-ring (bicyclic) bond motifs is 1. The molecule has 2 heterocycles. The Bertz CT molecular complexity index is 497. The first-order valence-electron chi connectivity index (χ1n) is 6.75. The molecule has 0 spiro atoms. The molecule has 106 valence electrons. The highest BCUT2D eigenvalue weighted by atomic mass is 35.5. The van der Waals surface area contributed by atoms with Crippen molar-refractivity contribution in [1.82, 2.24) is 19.7 Å². The molecule has 0 aliphatic carbocycles. The van der Waals surface area contributed by atoms with Crippen LogP contribution in [0.1, 0.15) is 45.4 Å². The minimum Gasteiger partial charge on any atom is -0.383 e.